The van der Waals surface area contributed by atoms with Gasteiger partial charge in [0.15, 0.2) is 16.6 Å². The van der Waals surface area contributed by atoms with Gasteiger partial charge < -0.3 is 19.5 Å². The summed E-state index contributed by atoms with van der Waals surface area (Å²) in [5.41, 5.74) is 2.02. The lowest BCUT2D eigenvalue weighted by molar-refractivity contribution is 0.0977. The highest BCUT2D eigenvalue weighted by Crippen LogP contribution is 2.40. The number of carbonyl (C=O) groups is 1. The Morgan fingerprint density at radius 1 is 1.23 bits per heavy atom. The van der Waals surface area contributed by atoms with Crippen molar-refractivity contribution in [1.82, 2.24) is 5.32 Å². The predicted octanol–water partition coefficient (Wildman–Crippen LogP) is 3.90. The fourth-order valence-electron chi connectivity index (χ4n) is 3.48. The Morgan fingerprint density at radius 2 is 1.90 bits per heavy atom. The fourth-order valence-corrected chi connectivity index (χ4v) is 5.10. The molecule has 0 aliphatic heterocycles. The van der Waals surface area contributed by atoms with Gasteiger partial charge in [0.05, 0.1) is 26.9 Å². The maximum Gasteiger partial charge on any atom is 0.257 e. The topological polar surface area (TPSA) is 92.6 Å². The van der Waals surface area contributed by atoms with E-state index in [-0.39, 0.29) is 5.11 Å². The number of anilines is 1. The smallest absolute Gasteiger partial charge is 0.257 e. The Morgan fingerprint density at radius 3 is 2.47 bits per heavy atom. The summed E-state index contributed by atoms with van der Waals surface area (Å²) in [6.07, 6.45) is 2.92. The Balaban J connectivity index is 1.78. The number of methoxy groups -OCH3 is 3. The molecule has 0 spiro atoms. The van der Waals surface area contributed by atoms with Gasteiger partial charge in [-0.3, -0.25) is 10.1 Å². The van der Waals surface area contributed by atoms with Crippen molar-refractivity contribution >= 4 is 39.6 Å². The maximum absolute atomic E-state index is 12.7. The van der Waals surface area contributed by atoms with Crippen molar-refractivity contribution in [3.05, 3.63) is 33.7 Å². The van der Waals surface area contributed by atoms with Crippen LogP contribution in [0.25, 0.3) is 0 Å². The van der Waals surface area contributed by atoms with Crippen molar-refractivity contribution in [2.24, 2.45) is 5.92 Å². The molecule has 1 atom stereocenters. The number of carbonyl (C=O) groups excluding carboxylic acids is 1. The number of nitriles is 1. The molecule has 0 saturated carbocycles. The molecule has 1 aromatic carbocycles. The van der Waals surface area contributed by atoms with Crippen molar-refractivity contribution in [2.75, 3.05) is 26.6 Å². The number of nitrogens with zero attached hydrogens (tertiary/aromatic N) is 1. The molecule has 1 heterocycles. The summed E-state index contributed by atoms with van der Waals surface area (Å²) in [5.74, 6) is 1.30. The number of rotatable bonds is 5. The monoisotopic (exact) mass is 445 g/mol. The van der Waals surface area contributed by atoms with Crippen LogP contribution >= 0.6 is 23.6 Å². The summed E-state index contributed by atoms with van der Waals surface area (Å²) < 4.78 is 15.9. The molecular formula is C21H23N3O4S2. The van der Waals surface area contributed by atoms with Crippen molar-refractivity contribution in [3.8, 4) is 23.3 Å². The second-order valence-electron chi connectivity index (χ2n) is 6.99. The van der Waals surface area contributed by atoms with Crippen molar-refractivity contribution in [2.45, 2.75) is 26.2 Å². The van der Waals surface area contributed by atoms with E-state index in [2.05, 4.69) is 23.6 Å². The molecule has 30 heavy (non-hydrogen) atoms. The zero-order chi connectivity index (χ0) is 21.8. The van der Waals surface area contributed by atoms with Gasteiger partial charge in [0.2, 0.25) is 5.75 Å². The second kappa shape index (κ2) is 9.32. The maximum atomic E-state index is 12.7. The third-order valence-electron chi connectivity index (χ3n) is 5.00. The van der Waals surface area contributed by atoms with E-state index in [1.807, 2.05) is 0 Å². The van der Waals surface area contributed by atoms with E-state index in [9.17, 15) is 10.1 Å². The minimum Gasteiger partial charge on any atom is -0.493 e. The zero-order valence-corrected chi connectivity index (χ0v) is 18.9. The zero-order valence-electron chi connectivity index (χ0n) is 17.3. The summed E-state index contributed by atoms with van der Waals surface area (Å²) in [7, 11) is 4.45. The number of amides is 1. The molecular weight excluding hydrogens is 422 g/mol. The van der Waals surface area contributed by atoms with Crippen LogP contribution in [-0.2, 0) is 12.8 Å². The predicted molar refractivity (Wildman–Crippen MR) is 120 cm³/mol. The SMILES string of the molecule is COc1cc(C(=O)NC(=S)Nc2sc3c(c2C#N)CCC(C)C3)cc(OC)c1OC. The molecule has 158 valence electrons. The number of thiocarbonyl (C=S) groups is 1. The third kappa shape index (κ3) is 4.35. The van der Waals surface area contributed by atoms with Gasteiger partial charge in [-0.1, -0.05) is 6.92 Å². The number of ether oxygens (including phenoxy) is 3. The Kier molecular flexibility index (Phi) is 6.80. The van der Waals surface area contributed by atoms with Crippen LogP contribution in [-0.4, -0.2) is 32.3 Å². The Labute approximate surface area is 184 Å². The lowest BCUT2D eigenvalue weighted by Gasteiger charge is -2.17. The first-order valence-corrected chi connectivity index (χ1v) is 10.6. The molecule has 3 rings (SSSR count). The van der Waals surface area contributed by atoms with Crippen LogP contribution in [0.15, 0.2) is 12.1 Å². The average molecular weight is 446 g/mol. The molecule has 1 aromatic heterocycles. The van der Waals surface area contributed by atoms with Gasteiger partial charge >= 0.3 is 0 Å². The van der Waals surface area contributed by atoms with Gasteiger partial charge in [-0.2, -0.15) is 5.26 Å². The van der Waals surface area contributed by atoms with Crippen LogP contribution in [0, 0.1) is 17.2 Å². The Bertz CT molecular complexity index is 1000. The van der Waals surface area contributed by atoms with Gasteiger partial charge in [-0.05, 0) is 55.1 Å². The lowest BCUT2D eigenvalue weighted by Crippen LogP contribution is -2.34. The van der Waals surface area contributed by atoms with Gasteiger partial charge in [0, 0.05) is 10.4 Å². The molecule has 1 unspecified atom stereocenters. The lowest BCUT2D eigenvalue weighted by atomic mass is 9.89. The first-order valence-electron chi connectivity index (χ1n) is 9.38. The van der Waals surface area contributed by atoms with Gasteiger partial charge in [0.25, 0.3) is 5.91 Å². The number of hydrogen-bond acceptors (Lipinski definition) is 7. The standard InChI is InChI=1S/C21H23N3O4S2/c1-11-5-6-13-14(10-22)20(30-17(13)7-11)24-21(29)23-19(25)12-8-15(26-2)18(28-4)16(9-12)27-3/h8-9,11H,5-7H2,1-4H3,(H2,23,24,25,29). The minimum atomic E-state index is -0.430. The van der Waals surface area contributed by atoms with Crippen LogP contribution < -0.4 is 24.8 Å². The van der Waals surface area contributed by atoms with E-state index in [0.29, 0.717) is 39.3 Å². The van der Waals surface area contributed by atoms with Crippen LogP contribution in [0.5, 0.6) is 17.2 Å². The van der Waals surface area contributed by atoms with Gasteiger partial charge in [-0.15, -0.1) is 11.3 Å². The second-order valence-corrected chi connectivity index (χ2v) is 8.50. The molecule has 0 bridgehead atoms. The molecule has 0 fully saturated rings. The summed E-state index contributed by atoms with van der Waals surface area (Å²) in [6, 6.07) is 5.37. The van der Waals surface area contributed by atoms with Crippen LogP contribution in [0.1, 0.15) is 39.7 Å². The van der Waals surface area contributed by atoms with Gasteiger partial charge in [-0.25, -0.2) is 0 Å². The molecule has 2 aromatic rings. The first kappa shape index (κ1) is 21.9. The Hall–Kier alpha value is -2.83. The highest BCUT2D eigenvalue weighted by molar-refractivity contribution is 7.80. The van der Waals surface area contributed by atoms with Crippen LogP contribution in [0.3, 0.4) is 0 Å². The highest BCUT2D eigenvalue weighted by atomic mass is 32.1. The number of fused-ring (bicyclic) bond motifs is 1. The van der Waals surface area contributed by atoms with Crippen molar-refractivity contribution in [1.29, 1.82) is 5.26 Å². The quantitative estimate of drug-likeness (QED) is 0.674. The van der Waals surface area contributed by atoms with E-state index < -0.39 is 5.91 Å². The molecule has 2 N–H and O–H groups in total. The van der Waals surface area contributed by atoms with Crippen LogP contribution in [0.2, 0.25) is 0 Å². The first-order chi connectivity index (χ1) is 14.4. The normalized spacial score (nSPS) is 14.8. The van der Waals surface area contributed by atoms with Crippen LogP contribution in [0.4, 0.5) is 5.00 Å². The van der Waals surface area contributed by atoms with Crippen molar-refractivity contribution < 1.29 is 19.0 Å². The molecule has 7 nitrogen and oxygen atoms in total. The highest BCUT2D eigenvalue weighted by Gasteiger charge is 2.25. The van der Waals surface area contributed by atoms with E-state index in [0.717, 1.165) is 24.8 Å². The number of benzene rings is 1. The fraction of sp³-hybridized carbons (Fsp3) is 0.381. The summed E-state index contributed by atoms with van der Waals surface area (Å²) in [4.78, 5) is 13.9. The molecule has 1 aliphatic rings. The molecule has 1 amide bonds. The van der Waals surface area contributed by atoms with E-state index in [4.69, 9.17) is 26.4 Å². The van der Waals surface area contributed by atoms with E-state index >= 15 is 0 Å². The number of hydrogen-bond donors (Lipinski definition) is 2. The van der Waals surface area contributed by atoms with Gasteiger partial charge in [0.1, 0.15) is 11.1 Å². The molecule has 0 saturated heterocycles. The average Bonchev–Trinajstić information content (AvgIpc) is 3.07. The molecule has 1 aliphatic carbocycles. The van der Waals surface area contributed by atoms with E-state index in [1.165, 1.54) is 37.5 Å². The number of nitrogens with one attached hydrogen (secondary N) is 2. The third-order valence-corrected chi connectivity index (χ3v) is 6.38. The molecule has 9 heteroatoms. The number of thiophene rings is 1. The summed E-state index contributed by atoms with van der Waals surface area (Å²) in [5, 5.41) is 16.1. The van der Waals surface area contributed by atoms with Crippen molar-refractivity contribution in [3.63, 3.8) is 0 Å². The summed E-state index contributed by atoms with van der Waals surface area (Å²) >= 11 is 6.85. The van der Waals surface area contributed by atoms with E-state index in [1.54, 1.807) is 12.1 Å². The minimum absolute atomic E-state index is 0.122. The largest absolute Gasteiger partial charge is 0.493 e. The molecule has 0 radical (unpaired) electrons. The summed E-state index contributed by atoms with van der Waals surface area (Å²) in [6.45, 7) is 2.21.